The first-order chi connectivity index (χ1) is 5.63. The molecule has 0 amide bonds. The number of nitrogens with two attached hydrogens (primary N) is 2. The molecule has 1 rings (SSSR count). The Morgan fingerprint density at radius 1 is 1.42 bits per heavy atom. The predicted octanol–water partition coefficient (Wildman–Crippen LogP) is 0.641. The van der Waals surface area contributed by atoms with E-state index in [1.54, 1.807) is 6.07 Å². The van der Waals surface area contributed by atoms with Crippen molar-refractivity contribution >= 4 is 5.82 Å². The molecule has 0 aliphatic rings. The quantitative estimate of drug-likeness (QED) is 0.675. The zero-order valence-electron chi connectivity index (χ0n) is 7.41. The Morgan fingerprint density at radius 3 is 2.58 bits per heavy atom. The van der Waals surface area contributed by atoms with Gasteiger partial charge >= 0.3 is 0 Å². The second kappa shape index (κ2) is 3.49. The summed E-state index contributed by atoms with van der Waals surface area (Å²) in [7, 11) is 0. The summed E-state index contributed by atoms with van der Waals surface area (Å²) in [6.07, 6.45) is 0. The first kappa shape index (κ1) is 8.93. The van der Waals surface area contributed by atoms with Crippen LogP contribution in [0.2, 0.25) is 0 Å². The minimum absolute atomic E-state index is 0.291. The Kier molecular flexibility index (Phi) is 2.60. The van der Waals surface area contributed by atoms with Gasteiger partial charge in [0.25, 0.3) is 0 Å². The van der Waals surface area contributed by atoms with Gasteiger partial charge in [-0.05, 0) is 0 Å². The molecule has 0 aliphatic carbocycles. The van der Waals surface area contributed by atoms with Crippen molar-refractivity contribution in [1.82, 2.24) is 9.97 Å². The molecular formula is C8H14N4. The van der Waals surface area contributed by atoms with E-state index in [0.29, 0.717) is 18.3 Å². The molecule has 12 heavy (non-hydrogen) atoms. The number of nitrogens with zero attached hydrogens (tertiary/aromatic N) is 2. The van der Waals surface area contributed by atoms with E-state index >= 15 is 0 Å². The first-order valence-electron chi connectivity index (χ1n) is 3.97. The lowest BCUT2D eigenvalue weighted by Gasteiger charge is -2.05. The molecule has 1 aromatic heterocycles. The molecule has 1 aromatic rings. The molecule has 0 saturated heterocycles. The minimum Gasteiger partial charge on any atom is -0.384 e. The highest BCUT2D eigenvalue weighted by atomic mass is 15.0. The SMILES string of the molecule is CC(C)c1nc(N)cc(CN)n1. The molecule has 0 unspecified atom stereocenters. The van der Waals surface area contributed by atoms with E-state index in [9.17, 15) is 0 Å². The van der Waals surface area contributed by atoms with Crippen LogP contribution in [-0.4, -0.2) is 9.97 Å². The number of aromatic nitrogens is 2. The van der Waals surface area contributed by atoms with E-state index in [1.165, 1.54) is 0 Å². The molecule has 4 heteroatoms. The lowest BCUT2D eigenvalue weighted by Crippen LogP contribution is -2.07. The zero-order chi connectivity index (χ0) is 9.14. The summed E-state index contributed by atoms with van der Waals surface area (Å²) in [5.41, 5.74) is 11.8. The number of hydrogen-bond acceptors (Lipinski definition) is 4. The van der Waals surface area contributed by atoms with E-state index in [1.807, 2.05) is 13.8 Å². The fraction of sp³-hybridized carbons (Fsp3) is 0.500. The maximum absolute atomic E-state index is 5.57. The molecule has 0 spiro atoms. The van der Waals surface area contributed by atoms with Gasteiger partial charge in [0, 0.05) is 18.5 Å². The van der Waals surface area contributed by atoms with Gasteiger partial charge in [0.2, 0.25) is 0 Å². The lowest BCUT2D eigenvalue weighted by atomic mass is 10.2. The van der Waals surface area contributed by atoms with Crippen molar-refractivity contribution < 1.29 is 0 Å². The van der Waals surface area contributed by atoms with Crippen molar-refractivity contribution in [2.24, 2.45) is 5.73 Å². The molecule has 0 aromatic carbocycles. The number of nitrogen functional groups attached to an aromatic ring is 1. The third-order valence-electron chi connectivity index (χ3n) is 1.54. The zero-order valence-corrected chi connectivity index (χ0v) is 7.41. The molecule has 1 heterocycles. The second-order valence-electron chi connectivity index (χ2n) is 3.00. The van der Waals surface area contributed by atoms with Crippen LogP contribution >= 0.6 is 0 Å². The topological polar surface area (TPSA) is 77.8 Å². The number of rotatable bonds is 2. The number of anilines is 1. The van der Waals surface area contributed by atoms with Gasteiger partial charge < -0.3 is 11.5 Å². The molecule has 0 aliphatic heterocycles. The molecule has 4 N–H and O–H groups in total. The van der Waals surface area contributed by atoms with E-state index in [4.69, 9.17) is 11.5 Å². The average molecular weight is 166 g/mol. The Labute approximate surface area is 72.0 Å². The summed E-state index contributed by atoms with van der Waals surface area (Å²) in [5, 5.41) is 0. The Bertz CT molecular complexity index is 270. The molecule has 0 saturated carbocycles. The first-order valence-corrected chi connectivity index (χ1v) is 3.97. The van der Waals surface area contributed by atoms with Gasteiger partial charge in [-0.15, -0.1) is 0 Å². The summed E-state index contributed by atoms with van der Waals surface area (Å²) in [6.45, 7) is 4.45. The van der Waals surface area contributed by atoms with Crippen LogP contribution in [0.25, 0.3) is 0 Å². The molecule has 0 fully saturated rings. The molecular weight excluding hydrogens is 152 g/mol. The van der Waals surface area contributed by atoms with Crippen LogP contribution in [0, 0.1) is 0 Å². The van der Waals surface area contributed by atoms with Crippen LogP contribution in [0.5, 0.6) is 0 Å². The summed E-state index contributed by atoms with van der Waals surface area (Å²) in [5.74, 6) is 1.54. The lowest BCUT2D eigenvalue weighted by molar-refractivity contribution is 0.759. The van der Waals surface area contributed by atoms with Crippen LogP contribution in [0.15, 0.2) is 6.07 Å². The second-order valence-corrected chi connectivity index (χ2v) is 3.00. The molecule has 0 atom stereocenters. The highest BCUT2D eigenvalue weighted by Crippen LogP contribution is 2.11. The van der Waals surface area contributed by atoms with Gasteiger partial charge in [0.15, 0.2) is 0 Å². The van der Waals surface area contributed by atoms with Crippen molar-refractivity contribution in [3.8, 4) is 0 Å². The molecule has 0 bridgehead atoms. The van der Waals surface area contributed by atoms with Crippen molar-refractivity contribution in [1.29, 1.82) is 0 Å². The minimum atomic E-state index is 0.291. The van der Waals surface area contributed by atoms with E-state index in [2.05, 4.69) is 9.97 Å². The summed E-state index contributed by atoms with van der Waals surface area (Å²) in [4.78, 5) is 8.33. The van der Waals surface area contributed by atoms with Crippen molar-refractivity contribution in [3.63, 3.8) is 0 Å². The highest BCUT2D eigenvalue weighted by Gasteiger charge is 2.04. The van der Waals surface area contributed by atoms with Crippen molar-refractivity contribution in [3.05, 3.63) is 17.6 Å². The van der Waals surface area contributed by atoms with Crippen LogP contribution in [-0.2, 0) is 6.54 Å². The molecule has 0 radical (unpaired) electrons. The monoisotopic (exact) mass is 166 g/mol. The number of hydrogen-bond donors (Lipinski definition) is 2. The molecule has 4 nitrogen and oxygen atoms in total. The Morgan fingerprint density at radius 2 is 2.08 bits per heavy atom. The summed E-state index contributed by atoms with van der Waals surface area (Å²) < 4.78 is 0. The fourth-order valence-electron chi connectivity index (χ4n) is 0.902. The van der Waals surface area contributed by atoms with Crippen LogP contribution < -0.4 is 11.5 Å². The van der Waals surface area contributed by atoms with Gasteiger partial charge in [-0.2, -0.15) is 0 Å². The van der Waals surface area contributed by atoms with Crippen LogP contribution in [0.4, 0.5) is 5.82 Å². The highest BCUT2D eigenvalue weighted by molar-refractivity contribution is 5.30. The normalized spacial score (nSPS) is 10.7. The van der Waals surface area contributed by atoms with Gasteiger partial charge in [-0.3, -0.25) is 0 Å². The largest absolute Gasteiger partial charge is 0.384 e. The van der Waals surface area contributed by atoms with Crippen molar-refractivity contribution in [2.75, 3.05) is 5.73 Å². The van der Waals surface area contributed by atoms with Crippen molar-refractivity contribution in [2.45, 2.75) is 26.3 Å². The van der Waals surface area contributed by atoms with E-state index in [0.717, 1.165) is 11.5 Å². The standard InChI is InChI=1S/C8H14N4/c1-5(2)8-11-6(4-9)3-7(10)12-8/h3,5H,4,9H2,1-2H3,(H2,10,11,12). The maximum Gasteiger partial charge on any atom is 0.133 e. The predicted molar refractivity (Wildman–Crippen MR) is 48.4 cm³/mol. The Hall–Kier alpha value is -1.16. The average Bonchev–Trinajstić information content (AvgIpc) is 2.03. The van der Waals surface area contributed by atoms with Gasteiger partial charge in [0.1, 0.15) is 11.6 Å². The van der Waals surface area contributed by atoms with E-state index < -0.39 is 0 Å². The van der Waals surface area contributed by atoms with Crippen LogP contribution in [0.1, 0.15) is 31.3 Å². The van der Waals surface area contributed by atoms with Gasteiger partial charge in [-0.1, -0.05) is 13.8 Å². The molecule has 66 valence electrons. The van der Waals surface area contributed by atoms with Crippen LogP contribution in [0.3, 0.4) is 0 Å². The van der Waals surface area contributed by atoms with Gasteiger partial charge in [-0.25, -0.2) is 9.97 Å². The smallest absolute Gasteiger partial charge is 0.133 e. The third kappa shape index (κ3) is 1.92. The fourth-order valence-corrected chi connectivity index (χ4v) is 0.902. The van der Waals surface area contributed by atoms with E-state index in [-0.39, 0.29) is 0 Å². The van der Waals surface area contributed by atoms with Gasteiger partial charge in [0.05, 0.1) is 5.69 Å². The third-order valence-corrected chi connectivity index (χ3v) is 1.54. The summed E-state index contributed by atoms with van der Waals surface area (Å²) in [6, 6.07) is 1.70. The maximum atomic E-state index is 5.57. The Balaban J connectivity index is 3.06. The summed E-state index contributed by atoms with van der Waals surface area (Å²) >= 11 is 0.